The number of benzene rings is 2. The quantitative estimate of drug-likeness (QED) is 0.160. The number of allylic oxidation sites excluding steroid dienone is 2. The Kier molecular flexibility index (Phi) is 14.7. The number of carbonyl (C=O) groups excluding carboxylic acids is 1. The van der Waals surface area contributed by atoms with Crippen LogP contribution in [-0.2, 0) is 18.0 Å². The van der Waals surface area contributed by atoms with Crippen LogP contribution in [0.1, 0.15) is 50.3 Å². The van der Waals surface area contributed by atoms with E-state index in [1.165, 1.54) is 24.3 Å². The molecule has 0 atom stereocenters. The number of nitrogens with zero attached hydrogens (tertiary/aromatic N) is 6. The van der Waals surface area contributed by atoms with Crippen LogP contribution >= 0.6 is 45.2 Å². The van der Waals surface area contributed by atoms with Crippen molar-refractivity contribution < 1.29 is 37.3 Å². The Morgan fingerprint density at radius 2 is 1.67 bits per heavy atom. The van der Waals surface area contributed by atoms with Gasteiger partial charge in [-0.2, -0.15) is 10.5 Å². The number of ether oxygens (including phenoxy) is 5. The predicted octanol–water partition coefficient (Wildman–Crippen LogP) is 9.08. The second-order valence-corrected chi connectivity index (χ2v) is 16.8. The molecule has 18 heteroatoms. The van der Waals surface area contributed by atoms with Gasteiger partial charge in [-0.3, -0.25) is 15.3 Å². The standard InChI is InChI=1S/C24H23FI2N4O4.C19H15FN4O2/c1-24(2,3)35-23(32)31-22-20(9-17(26)12-30-22)34-13-15-8-16(25)4-5-19(15)33-7-6-14-11-29-18(10-28)21(14)27;20-14-1-2-16-13(5-14)10-26-17-6-12(9-24-19(17)22)18-11(3-4-25-16)8-23-15(18)7-21/h4-5,8-9,12H,6-7,11,13H2,1-3H3,(H,30,31,32);1-2,5-6,9H,3-4,8,10H2,(H2,22,24). The minimum absolute atomic E-state index is 0.0141. The van der Waals surface area contributed by atoms with Crippen LogP contribution in [0.25, 0.3) is 5.57 Å². The fraction of sp³-hybridized carbons (Fsp3) is 0.279. The van der Waals surface area contributed by atoms with E-state index in [1.807, 2.05) is 0 Å². The fourth-order valence-corrected chi connectivity index (χ4v) is 7.26. The number of nitriles is 2. The minimum atomic E-state index is -0.670. The second-order valence-electron chi connectivity index (χ2n) is 14.5. The van der Waals surface area contributed by atoms with Crippen molar-refractivity contribution in [2.75, 3.05) is 37.4 Å². The van der Waals surface area contributed by atoms with Gasteiger partial charge in [-0.05, 0) is 126 Å². The molecule has 4 aromatic rings. The number of halogens is 4. The van der Waals surface area contributed by atoms with Crippen molar-refractivity contribution >= 4 is 79.9 Å². The van der Waals surface area contributed by atoms with Gasteiger partial charge >= 0.3 is 6.09 Å². The van der Waals surface area contributed by atoms with Crippen LogP contribution in [0, 0.1) is 37.9 Å². The largest absolute Gasteiger partial charge is 0.493 e. The lowest BCUT2D eigenvalue weighted by molar-refractivity contribution is 0.0634. The lowest BCUT2D eigenvalue weighted by Crippen LogP contribution is -2.27. The van der Waals surface area contributed by atoms with E-state index in [9.17, 15) is 18.8 Å². The number of nitrogen functional groups attached to an aromatic ring is 1. The van der Waals surface area contributed by atoms with E-state index >= 15 is 0 Å². The highest BCUT2D eigenvalue weighted by atomic mass is 127. The number of fused-ring (bicyclic) bond motifs is 4. The van der Waals surface area contributed by atoms with Crippen molar-refractivity contribution in [2.45, 2.75) is 52.4 Å². The van der Waals surface area contributed by atoms with Crippen LogP contribution < -0.4 is 30.0 Å². The maximum Gasteiger partial charge on any atom is 0.413 e. The zero-order valence-corrected chi connectivity index (χ0v) is 37.5. The zero-order valence-electron chi connectivity index (χ0n) is 33.2. The molecule has 14 nitrogen and oxygen atoms in total. The molecular formula is C43H38F2I2N8O6. The molecule has 314 valence electrons. The molecule has 3 aliphatic rings. The predicted molar refractivity (Wildman–Crippen MR) is 241 cm³/mol. The van der Waals surface area contributed by atoms with Crippen molar-refractivity contribution in [1.82, 2.24) is 9.97 Å². The number of carbonyl (C=O) groups is 1. The Labute approximate surface area is 377 Å². The van der Waals surface area contributed by atoms with E-state index in [0.717, 1.165) is 29.4 Å². The van der Waals surface area contributed by atoms with Gasteiger partial charge in [-0.1, -0.05) is 0 Å². The molecule has 2 aromatic heterocycles. The smallest absolute Gasteiger partial charge is 0.413 e. The molecule has 2 aromatic carbocycles. The fourth-order valence-electron chi connectivity index (χ4n) is 6.11. The van der Waals surface area contributed by atoms with Crippen LogP contribution in [-0.4, -0.2) is 59.4 Å². The summed E-state index contributed by atoms with van der Waals surface area (Å²) in [6.45, 7) is 7.01. The topological polar surface area (TPSA) is 199 Å². The lowest BCUT2D eigenvalue weighted by Gasteiger charge is -2.20. The van der Waals surface area contributed by atoms with Gasteiger partial charge in [-0.25, -0.2) is 23.5 Å². The SMILES string of the molecule is CC(C)(C)OC(=O)Nc1ncc(I)cc1OCc1cc(F)ccc1OCCC1=C(I)C(C#N)=NC1.N#CC1=NCC2=C1c1cnc(N)c(c1)OCc1cc(F)ccc1OCC2. The third-order valence-electron chi connectivity index (χ3n) is 8.92. The Bertz CT molecular complexity index is 2560. The van der Waals surface area contributed by atoms with E-state index in [2.05, 4.69) is 82.6 Å². The number of pyridine rings is 2. The summed E-state index contributed by atoms with van der Waals surface area (Å²) in [5.41, 5.74) is 10.6. The molecule has 0 unspecified atom stereocenters. The maximum atomic E-state index is 14.0. The van der Waals surface area contributed by atoms with Gasteiger partial charge < -0.3 is 29.4 Å². The van der Waals surface area contributed by atoms with Gasteiger partial charge in [-0.15, -0.1) is 0 Å². The van der Waals surface area contributed by atoms with Gasteiger partial charge in [0, 0.05) is 51.1 Å². The van der Waals surface area contributed by atoms with Crippen LogP contribution in [0.4, 0.5) is 25.2 Å². The molecule has 3 N–H and O–H groups in total. The van der Waals surface area contributed by atoms with Gasteiger partial charge in [0.2, 0.25) is 0 Å². The molecule has 0 saturated carbocycles. The summed E-state index contributed by atoms with van der Waals surface area (Å²) in [4.78, 5) is 29.1. The van der Waals surface area contributed by atoms with E-state index in [-0.39, 0.29) is 30.7 Å². The molecule has 1 amide bonds. The van der Waals surface area contributed by atoms with Crippen LogP contribution in [0.2, 0.25) is 0 Å². The zero-order chi connectivity index (χ0) is 43.7. The third kappa shape index (κ3) is 11.9. The summed E-state index contributed by atoms with van der Waals surface area (Å²) in [5.74, 6) is 1.33. The van der Waals surface area contributed by atoms with Crippen molar-refractivity contribution in [3.05, 3.63) is 108 Å². The average Bonchev–Trinajstić information content (AvgIpc) is 3.80. The molecule has 0 spiro atoms. The summed E-state index contributed by atoms with van der Waals surface area (Å²) in [6, 6.07) is 16.2. The Morgan fingerprint density at radius 1 is 0.918 bits per heavy atom. The molecule has 7 rings (SSSR count). The van der Waals surface area contributed by atoms with E-state index in [1.54, 1.807) is 57.4 Å². The number of nitrogens with two attached hydrogens (primary N) is 1. The van der Waals surface area contributed by atoms with Crippen LogP contribution in [0.15, 0.2) is 85.6 Å². The van der Waals surface area contributed by atoms with Gasteiger partial charge in [0.15, 0.2) is 23.1 Å². The summed E-state index contributed by atoms with van der Waals surface area (Å²) in [6.07, 6.45) is 3.72. The van der Waals surface area contributed by atoms with Crippen molar-refractivity contribution in [3.8, 4) is 35.1 Å². The molecule has 3 aliphatic heterocycles. The van der Waals surface area contributed by atoms with Gasteiger partial charge in [0.05, 0.1) is 29.9 Å². The first-order chi connectivity index (χ1) is 29.2. The number of nitrogens with one attached hydrogen (secondary N) is 1. The number of aliphatic imine (C=N–C) groups is 2. The van der Waals surface area contributed by atoms with Crippen molar-refractivity contribution in [2.24, 2.45) is 9.98 Å². The highest BCUT2D eigenvalue weighted by molar-refractivity contribution is 14.1. The monoisotopic (exact) mass is 1050 g/mol. The first-order valence-electron chi connectivity index (χ1n) is 18.7. The van der Waals surface area contributed by atoms with Crippen LogP contribution in [0.5, 0.6) is 23.0 Å². The van der Waals surface area contributed by atoms with E-state index in [0.29, 0.717) is 84.7 Å². The van der Waals surface area contributed by atoms with E-state index in [4.69, 9.17) is 34.7 Å². The molecular weight excluding hydrogens is 1020 g/mol. The first-order valence-corrected chi connectivity index (χ1v) is 20.9. The third-order valence-corrected chi connectivity index (χ3v) is 10.8. The molecule has 2 bridgehead atoms. The number of amides is 1. The molecule has 61 heavy (non-hydrogen) atoms. The maximum absolute atomic E-state index is 14.0. The van der Waals surface area contributed by atoms with Crippen LogP contribution in [0.3, 0.4) is 0 Å². The molecule has 0 radical (unpaired) electrons. The number of hydrogen-bond acceptors (Lipinski definition) is 13. The summed E-state index contributed by atoms with van der Waals surface area (Å²) in [7, 11) is 0. The summed E-state index contributed by atoms with van der Waals surface area (Å²) in [5, 5.41) is 21.0. The summed E-state index contributed by atoms with van der Waals surface area (Å²) < 4.78 is 57.9. The second kappa shape index (κ2) is 20.1. The Hall–Kier alpha value is -5.87. The minimum Gasteiger partial charge on any atom is -0.493 e. The number of rotatable bonds is 8. The van der Waals surface area contributed by atoms with Crippen molar-refractivity contribution in [3.63, 3.8) is 0 Å². The number of anilines is 2. The Balaban J connectivity index is 0.000000212. The highest BCUT2D eigenvalue weighted by Gasteiger charge is 2.24. The molecule has 0 aliphatic carbocycles. The Morgan fingerprint density at radius 3 is 2.43 bits per heavy atom. The van der Waals surface area contributed by atoms with Gasteiger partial charge in [0.25, 0.3) is 0 Å². The summed E-state index contributed by atoms with van der Waals surface area (Å²) >= 11 is 4.20. The normalized spacial score (nSPS) is 14.4. The highest BCUT2D eigenvalue weighted by Crippen LogP contribution is 2.34. The van der Waals surface area contributed by atoms with Gasteiger partial charge in [0.1, 0.15) is 65.5 Å². The number of hydrogen-bond donors (Lipinski definition) is 2. The molecule has 0 fully saturated rings. The first kappa shape index (κ1) is 44.7. The molecule has 5 heterocycles. The number of aromatic nitrogens is 2. The van der Waals surface area contributed by atoms with Crippen molar-refractivity contribution in [1.29, 1.82) is 10.5 Å². The lowest BCUT2D eigenvalue weighted by atomic mass is 9.97. The van der Waals surface area contributed by atoms with E-state index < -0.39 is 17.5 Å². The average molecular weight is 1050 g/mol. The molecule has 0 saturated heterocycles.